The van der Waals surface area contributed by atoms with Gasteiger partial charge in [-0.05, 0) is 47.4 Å². The summed E-state index contributed by atoms with van der Waals surface area (Å²) in [5.74, 6) is 0.522. The van der Waals surface area contributed by atoms with E-state index in [1.165, 1.54) is 11.1 Å². The van der Waals surface area contributed by atoms with Crippen LogP contribution in [0.1, 0.15) is 63.3 Å². The Morgan fingerprint density at radius 2 is 1.71 bits per heavy atom. The van der Waals surface area contributed by atoms with Crippen molar-refractivity contribution in [3.05, 3.63) is 28.3 Å². The van der Waals surface area contributed by atoms with Crippen LogP contribution in [0, 0.1) is 6.92 Å². The van der Waals surface area contributed by atoms with Gasteiger partial charge in [0, 0.05) is 0 Å². The first-order chi connectivity index (χ1) is 7.82. The number of hydrogen-bond donors (Lipinski definition) is 1. The normalized spacial score (nSPS) is 11.9. The average molecular weight is 234 g/mol. The van der Waals surface area contributed by atoms with Crippen LogP contribution in [0.25, 0.3) is 0 Å². The standard InChI is InChI=1S/C16H26O/c1-7-9-13-11(3)10-14(16(4,5)6)15(17)12(13)8-2/h10,17H,7-9H2,1-6H3. The van der Waals surface area contributed by atoms with E-state index in [0.717, 1.165) is 30.4 Å². The van der Waals surface area contributed by atoms with E-state index in [4.69, 9.17) is 0 Å². The summed E-state index contributed by atoms with van der Waals surface area (Å²) in [5, 5.41) is 10.5. The fraction of sp³-hybridized carbons (Fsp3) is 0.625. The van der Waals surface area contributed by atoms with E-state index >= 15 is 0 Å². The number of rotatable bonds is 3. The van der Waals surface area contributed by atoms with Crippen LogP contribution in [-0.2, 0) is 18.3 Å². The average Bonchev–Trinajstić information content (AvgIpc) is 2.22. The van der Waals surface area contributed by atoms with E-state index in [-0.39, 0.29) is 5.41 Å². The Labute approximate surface area is 106 Å². The van der Waals surface area contributed by atoms with Gasteiger partial charge in [0.15, 0.2) is 0 Å². The molecule has 0 saturated carbocycles. The van der Waals surface area contributed by atoms with Gasteiger partial charge in [-0.1, -0.05) is 47.1 Å². The van der Waals surface area contributed by atoms with Gasteiger partial charge in [-0.25, -0.2) is 0 Å². The first-order valence-electron chi connectivity index (χ1n) is 6.67. The lowest BCUT2D eigenvalue weighted by Crippen LogP contribution is -2.14. The highest BCUT2D eigenvalue weighted by Gasteiger charge is 2.22. The van der Waals surface area contributed by atoms with Crippen LogP contribution in [-0.4, -0.2) is 5.11 Å². The molecule has 1 heteroatoms. The third-order valence-corrected chi connectivity index (χ3v) is 3.40. The van der Waals surface area contributed by atoms with Crippen molar-refractivity contribution in [3.8, 4) is 5.75 Å². The predicted molar refractivity (Wildman–Crippen MR) is 74.9 cm³/mol. The molecule has 0 atom stereocenters. The van der Waals surface area contributed by atoms with Crippen molar-refractivity contribution < 1.29 is 5.11 Å². The minimum absolute atomic E-state index is 0.00348. The van der Waals surface area contributed by atoms with Crippen LogP contribution < -0.4 is 0 Å². The van der Waals surface area contributed by atoms with Crippen LogP contribution >= 0.6 is 0 Å². The zero-order chi connectivity index (χ0) is 13.2. The molecule has 1 N–H and O–H groups in total. The van der Waals surface area contributed by atoms with E-state index in [9.17, 15) is 5.11 Å². The molecule has 0 aliphatic rings. The number of aromatic hydroxyl groups is 1. The summed E-state index contributed by atoms with van der Waals surface area (Å²) in [6.07, 6.45) is 3.10. The lowest BCUT2D eigenvalue weighted by molar-refractivity contribution is 0.439. The SMILES string of the molecule is CCCc1c(C)cc(C(C)(C)C)c(O)c1CC. The van der Waals surface area contributed by atoms with E-state index in [1.54, 1.807) is 0 Å². The minimum Gasteiger partial charge on any atom is -0.507 e. The molecule has 17 heavy (non-hydrogen) atoms. The fourth-order valence-corrected chi connectivity index (χ4v) is 2.47. The fourth-order valence-electron chi connectivity index (χ4n) is 2.47. The van der Waals surface area contributed by atoms with Crippen molar-refractivity contribution in [3.63, 3.8) is 0 Å². The molecule has 0 aromatic heterocycles. The number of aryl methyl sites for hydroxylation is 1. The molecule has 0 amide bonds. The van der Waals surface area contributed by atoms with Gasteiger partial charge in [0.05, 0.1) is 0 Å². The van der Waals surface area contributed by atoms with Crippen LogP contribution in [0.5, 0.6) is 5.75 Å². The third kappa shape index (κ3) is 2.83. The van der Waals surface area contributed by atoms with E-state index in [2.05, 4.69) is 47.6 Å². The second kappa shape index (κ2) is 5.12. The zero-order valence-electron chi connectivity index (χ0n) is 12.1. The highest BCUT2D eigenvalue weighted by atomic mass is 16.3. The van der Waals surface area contributed by atoms with Gasteiger partial charge in [0.2, 0.25) is 0 Å². The van der Waals surface area contributed by atoms with E-state index < -0.39 is 0 Å². The maximum Gasteiger partial charge on any atom is 0.122 e. The van der Waals surface area contributed by atoms with Crippen LogP contribution in [0.4, 0.5) is 0 Å². The zero-order valence-corrected chi connectivity index (χ0v) is 12.1. The molecule has 0 unspecified atom stereocenters. The number of phenols is 1. The Bertz CT molecular complexity index is 397. The van der Waals surface area contributed by atoms with Crippen LogP contribution in [0.3, 0.4) is 0 Å². The van der Waals surface area contributed by atoms with Gasteiger partial charge < -0.3 is 5.11 Å². The summed E-state index contributed by atoms with van der Waals surface area (Å²) in [7, 11) is 0. The van der Waals surface area contributed by atoms with Crippen molar-refractivity contribution in [1.82, 2.24) is 0 Å². The summed E-state index contributed by atoms with van der Waals surface area (Å²) in [6.45, 7) is 12.9. The lowest BCUT2D eigenvalue weighted by Gasteiger charge is -2.25. The molecule has 1 aromatic rings. The summed E-state index contributed by atoms with van der Waals surface area (Å²) in [4.78, 5) is 0. The second-order valence-corrected chi connectivity index (χ2v) is 5.90. The molecule has 1 rings (SSSR count). The van der Waals surface area contributed by atoms with Crippen LogP contribution in [0.15, 0.2) is 6.07 Å². The van der Waals surface area contributed by atoms with Crippen molar-refractivity contribution in [2.24, 2.45) is 0 Å². The summed E-state index contributed by atoms with van der Waals surface area (Å²) < 4.78 is 0. The molecule has 0 fully saturated rings. The van der Waals surface area contributed by atoms with Crippen molar-refractivity contribution in [2.75, 3.05) is 0 Å². The Kier molecular flexibility index (Phi) is 4.24. The molecular weight excluding hydrogens is 208 g/mol. The number of benzene rings is 1. The largest absolute Gasteiger partial charge is 0.507 e. The Balaban J connectivity index is 3.46. The first kappa shape index (κ1) is 14.1. The van der Waals surface area contributed by atoms with Gasteiger partial charge in [0.1, 0.15) is 5.75 Å². The quantitative estimate of drug-likeness (QED) is 0.815. The Morgan fingerprint density at radius 1 is 1.12 bits per heavy atom. The maximum atomic E-state index is 10.5. The summed E-state index contributed by atoms with van der Waals surface area (Å²) in [5.41, 5.74) is 4.90. The van der Waals surface area contributed by atoms with Gasteiger partial charge >= 0.3 is 0 Å². The van der Waals surface area contributed by atoms with Crippen molar-refractivity contribution >= 4 is 0 Å². The molecule has 0 heterocycles. The molecule has 0 aliphatic carbocycles. The Morgan fingerprint density at radius 3 is 2.12 bits per heavy atom. The van der Waals surface area contributed by atoms with E-state index in [0.29, 0.717) is 5.75 Å². The summed E-state index contributed by atoms with van der Waals surface area (Å²) >= 11 is 0. The molecule has 1 nitrogen and oxygen atoms in total. The number of hydrogen-bond acceptors (Lipinski definition) is 1. The molecule has 0 bridgehead atoms. The lowest BCUT2D eigenvalue weighted by atomic mass is 9.81. The topological polar surface area (TPSA) is 20.2 Å². The molecule has 0 radical (unpaired) electrons. The molecule has 96 valence electrons. The smallest absolute Gasteiger partial charge is 0.122 e. The summed E-state index contributed by atoms with van der Waals surface area (Å²) in [6, 6.07) is 2.17. The predicted octanol–water partition coefficient (Wildman–Crippen LogP) is 4.51. The van der Waals surface area contributed by atoms with Crippen LogP contribution in [0.2, 0.25) is 0 Å². The van der Waals surface area contributed by atoms with Crippen molar-refractivity contribution in [1.29, 1.82) is 0 Å². The molecular formula is C16H26O. The molecule has 0 spiro atoms. The van der Waals surface area contributed by atoms with Gasteiger partial charge in [-0.15, -0.1) is 0 Å². The molecule has 0 aliphatic heterocycles. The Hall–Kier alpha value is -0.980. The molecule has 1 aromatic carbocycles. The highest BCUT2D eigenvalue weighted by molar-refractivity contribution is 5.52. The monoisotopic (exact) mass is 234 g/mol. The van der Waals surface area contributed by atoms with Gasteiger partial charge in [0.25, 0.3) is 0 Å². The van der Waals surface area contributed by atoms with E-state index in [1.807, 2.05) is 0 Å². The number of phenolic OH excluding ortho intramolecular Hbond substituents is 1. The maximum absolute atomic E-state index is 10.5. The molecule has 0 saturated heterocycles. The third-order valence-electron chi connectivity index (χ3n) is 3.40. The first-order valence-corrected chi connectivity index (χ1v) is 6.67. The van der Waals surface area contributed by atoms with Gasteiger partial charge in [-0.2, -0.15) is 0 Å². The second-order valence-electron chi connectivity index (χ2n) is 5.90. The highest BCUT2D eigenvalue weighted by Crippen LogP contribution is 2.37. The van der Waals surface area contributed by atoms with Gasteiger partial charge in [-0.3, -0.25) is 0 Å². The minimum atomic E-state index is 0.00348. The van der Waals surface area contributed by atoms with Crippen molar-refractivity contribution in [2.45, 2.75) is 66.2 Å².